The van der Waals surface area contributed by atoms with Crippen LogP contribution in [0.3, 0.4) is 0 Å². The van der Waals surface area contributed by atoms with Gasteiger partial charge in [-0.05, 0) is 68.4 Å². The van der Waals surface area contributed by atoms with Crippen LogP contribution < -0.4 is 10.6 Å². The van der Waals surface area contributed by atoms with Crippen LogP contribution in [0.15, 0.2) is 170 Å². The Morgan fingerprint density at radius 1 is 0.552 bits per heavy atom. The maximum atomic E-state index is 15.0. The topological polar surface area (TPSA) is 111 Å². The Hall–Kier alpha value is -6.58. The average molecular weight is 913 g/mol. The van der Waals surface area contributed by atoms with Crippen molar-refractivity contribution in [2.24, 2.45) is 5.92 Å². The van der Waals surface area contributed by atoms with Crippen molar-refractivity contribution in [1.82, 2.24) is 10.6 Å². The quantitative estimate of drug-likeness (QED) is 0.0738. The summed E-state index contributed by atoms with van der Waals surface area (Å²) < 4.78 is 12.9. The second kappa shape index (κ2) is 21.8. The molecule has 0 aliphatic heterocycles. The van der Waals surface area contributed by atoms with Crippen molar-refractivity contribution in [1.29, 1.82) is 0 Å². The Bertz CT molecular complexity index is 2550. The maximum absolute atomic E-state index is 15.0. The van der Waals surface area contributed by atoms with Crippen LogP contribution in [0, 0.1) is 5.92 Å². The molecule has 0 fully saturated rings. The molecule has 346 valence electrons. The highest BCUT2D eigenvalue weighted by molar-refractivity contribution is 6.80. The van der Waals surface area contributed by atoms with Gasteiger partial charge in [-0.2, -0.15) is 0 Å². The fourth-order valence-electron chi connectivity index (χ4n) is 10.5. The van der Waals surface area contributed by atoms with Crippen molar-refractivity contribution in [3.05, 3.63) is 203 Å². The summed E-state index contributed by atoms with van der Waals surface area (Å²) in [6.45, 7) is 13.0. The van der Waals surface area contributed by atoms with Gasteiger partial charge >= 0.3 is 12.1 Å². The number of carbonyl (C=O) groups excluding carboxylic acids is 4. The molecule has 3 atom stereocenters. The van der Waals surface area contributed by atoms with Crippen molar-refractivity contribution >= 4 is 32.1 Å². The average Bonchev–Trinajstić information content (AvgIpc) is 3.66. The second-order valence-electron chi connectivity index (χ2n) is 19.0. The highest BCUT2D eigenvalue weighted by atomic mass is 28.4. The van der Waals surface area contributed by atoms with E-state index >= 15 is 0 Å². The fourth-order valence-corrected chi connectivity index (χ4v) is 16.6. The van der Waals surface area contributed by atoms with E-state index in [1.165, 1.54) is 0 Å². The lowest BCUT2D eigenvalue weighted by atomic mass is 9.89. The van der Waals surface area contributed by atoms with Gasteiger partial charge in [-0.1, -0.05) is 211 Å². The lowest BCUT2D eigenvalue weighted by Crippen LogP contribution is -2.62. The number of nitrogens with one attached hydrogen (secondary N) is 2. The van der Waals surface area contributed by atoms with E-state index in [0.717, 1.165) is 44.5 Å². The molecule has 8 nitrogen and oxygen atoms in total. The van der Waals surface area contributed by atoms with Gasteiger partial charge in [0.15, 0.2) is 5.78 Å². The predicted molar refractivity (Wildman–Crippen MR) is 269 cm³/mol. The minimum atomic E-state index is -3.05. The van der Waals surface area contributed by atoms with Gasteiger partial charge < -0.3 is 19.8 Å². The fraction of sp³-hybridized carbons (Fsp3) is 0.310. The summed E-state index contributed by atoms with van der Waals surface area (Å²) in [6.07, 6.45) is -0.295. The highest BCUT2D eigenvalue weighted by Crippen LogP contribution is 2.48. The summed E-state index contributed by atoms with van der Waals surface area (Å²) >= 11 is 0. The Labute approximate surface area is 397 Å². The maximum Gasteiger partial charge on any atom is 0.407 e. The summed E-state index contributed by atoms with van der Waals surface area (Å²) in [7, 11) is -3.05. The Balaban J connectivity index is 1.15. The van der Waals surface area contributed by atoms with E-state index in [-0.39, 0.29) is 55.1 Å². The van der Waals surface area contributed by atoms with Crippen LogP contribution in [-0.2, 0) is 47.8 Å². The molecule has 1 aliphatic rings. The molecule has 0 radical (unpaired) electrons. The van der Waals surface area contributed by atoms with Gasteiger partial charge in [0, 0.05) is 29.7 Å². The summed E-state index contributed by atoms with van der Waals surface area (Å²) in [5.74, 6) is -2.31. The minimum absolute atomic E-state index is 0.0358. The molecule has 0 spiro atoms. The monoisotopic (exact) mass is 912 g/mol. The van der Waals surface area contributed by atoms with Crippen molar-refractivity contribution < 1.29 is 28.3 Å². The van der Waals surface area contributed by atoms with Crippen LogP contribution in [0.25, 0.3) is 11.1 Å². The Morgan fingerprint density at radius 3 is 1.48 bits per heavy atom. The third-order valence-electron chi connectivity index (χ3n) is 13.8. The van der Waals surface area contributed by atoms with Crippen LogP contribution in [0.4, 0.5) is 4.79 Å². The number of hydrogen-bond donors (Lipinski definition) is 2. The first-order chi connectivity index (χ1) is 32.3. The zero-order valence-electron chi connectivity index (χ0n) is 39.6. The van der Waals surface area contributed by atoms with Gasteiger partial charge in [0.2, 0.25) is 5.91 Å². The Morgan fingerprint density at radius 2 is 0.985 bits per heavy atom. The van der Waals surface area contributed by atoms with E-state index in [2.05, 4.69) is 88.6 Å². The number of fused-ring (bicyclic) bond motifs is 3. The molecule has 0 bridgehead atoms. The first-order valence-corrected chi connectivity index (χ1v) is 25.7. The van der Waals surface area contributed by atoms with Crippen molar-refractivity contribution in [3.8, 4) is 11.1 Å². The summed E-state index contributed by atoms with van der Waals surface area (Å²) in [4.78, 5) is 58.4. The number of alkyl carbamates (subject to hydrolysis) is 1. The third kappa shape index (κ3) is 11.2. The molecular weight excluding hydrogens is 849 g/mol. The molecule has 0 heterocycles. The second-order valence-corrected chi connectivity index (χ2v) is 24.4. The first-order valence-electron chi connectivity index (χ1n) is 23.6. The van der Waals surface area contributed by atoms with Crippen LogP contribution in [0.5, 0.6) is 0 Å². The number of carbonyl (C=O) groups is 4. The predicted octanol–water partition coefficient (Wildman–Crippen LogP) is 11.5. The standard InChI is InChI=1S/C58H64N2O6Si/c1-40(2)67(41(3)4,58(5,6)46-29-17-10-18-30-46)66-56(63)53(37-44-27-15-9-16-28-44)59-55(62)45(35-42-23-11-7-12-24-42)38-54(61)52(36-43-25-13-8-14-26-43)60-57(64)65-39-51-49-33-21-19-31-47(49)48-32-20-22-34-50(48)51/h7-34,40-41,45,51-53H,35-39H2,1-6H3,(H,59,62)(H,60,64)/t45-,52+,53+/m1/s1. The molecule has 0 saturated carbocycles. The molecule has 2 amide bonds. The molecule has 7 rings (SSSR count). The van der Waals surface area contributed by atoms with E-state index in [0.29, 0.717) is 0 Å². The highest BCUT2D eigenvalue weighted by Gasteiger charge is 2.58. The van der Waals surface area contributed by atoms with Gasteiger partial charge in [0.25, 0.3) is 8.32 Å². The molecule has 6 aromatic rings. The number of rotatable bonds is 20. The molecule has 0 unspecified atom stereocenters. The van der Waals surface area contributed by atoms with Crippen LogP contribution in [0.2, 0.25) is 11.1 Å². The van der Waals surface area contributed by atoms with Crippen LogP contribution in [0.1, 0.15) is 87.3 Å². The number of ketones is 1. The number of Topliss-reactive ketones (excluding diaryl/α,β-unsaturated/α-hetero) is 1. The van der Waals surface area contributed by atoms with Gasteiger partial charge in [-0.25, -0.2) is 4.79 Å². The molecule has 0 aromatic heterocycles. The molecule has 67 heavy (non-hydrogen) atoms. The zero-order chi connectivity index (χ0) is 47.6. The third-order valence-corrected chi connectivity index (χ3v) is 20.0. The number of hydrogen-bond acceptors (Lipinski definition) is 6. The molecular formula is C58H64N2O6Si. The van der Waals surface area contributed by atoms with Gasteiger partial charge in [-0.15, -0.1) is 0 Å². The summed E-state index contributed by atoms with van der Waals surface area (Å²) in [5.41, 5.74) is 8.12. The summed E-state index contributed by atoms with van der Waals surface area (Å²) in [6, 6.07) is 53.1. The number of benzene rings is 6. The van der Waals surface area contributed by atoms with Gasteiger partial charge in [0.1, 0.15) is 12.6 Å². The lowest BCUT2D eigenvalue weighted by molar-refractivity contribution is -0.141. The molecule has 0 saturated heterocycles. The van der Waals surface area contributed by atoms with E-state index in [4.69, 9.17) is 9.16 Å². The van der Waals surface area contributed by atoms with E-state index in [1.807, 2.05) is 133 Å². The SMILES string of the molecule is CC(C)[Si](OC(=O)[C@H](Cc1ccccc1)NC(=O)[C@@H](CC(=O)[C@H](Cc1ccccc1)NC(=O)OCC1c2ccccc2-c2ccccc21)Cc1ccccc1)(C(C)C)C(C)(C)c1ccccc1. The number of ether oxygens (including phenoxy) is 1. The number of amides is 2. The molecule has 9 heteroatoms. The summed E-state index contributed by atoms with van der Waals surface area (Å²) in [5, 5.41) is 5.54. The lowest BCUT2D eigenvalue weighted by Gasteiger charge is -2.49. The smallest absolute Gasteiger partial charge is 0.407 e. The van der Waals surface area contributed by atoms with E-state index in [9.17, 15) is 19.2 Å². The van der Waals surface area contributed by atoms with Gasteiger partial charge in [-0.3, -0.25) is 14.4 Å². The first kappa shape index (κ1) is 48.4. The van der Waals surface area contributed by atoms with Crippen LogP contribution >= 0.6 is 0 Å². The van der Waals surface area contributed by atoms with Crippen molar-refractivity contribution in [3.63, 3.8) is 0 Å². The van der Waals surface area contributed by atoms with Crippen LogP contribution in [-0.4, -0.2) is 50.8 Å². The largest absolute Gasteiger partial charge is 0.516 e. The van der Waals surface area contributed by atoms with Gasteiger partial charge in [0.05, 0.1) is 6.04 Å². The normalized spacial score (nSPS) is 13.8. The van der Waals surface area contributed by atoms with Crippen molar-refractivity contribution in [2.45, 2.75) is 101 Å². The molecule has 6 aromatic carbocycles. The van der Waals surface area contributed by atoms with Crippen molar-refractivity contribution in [2.75, 3.05) is 6.61 Å². The Kier molecular flexibility index (Phi) is 15.7. The molecule has 2 N–H and O–H groups in total. The minimum Gasteiger partial charge on any atom is -0.516 e. The van der Waals surface area contributed by atoms with E-state index in [1.54, 1.807) is 0 Å². The van der Waals surface area contributed by atoms with E-state index < -0.39 is 49.3 Å². The molecule has 1 aliphatic carbocycles. The zero-order valence-corrected chi connectivity index (χ0v) is 40.6.